The largest absolute Gasteiger partial charge is 0.494 e. The van der Waals surface area contributed by atoms with Gasteiger partial charge in [0.15, 0.2) is 0 Å². The summed E-state index contributed by atoms with van der Waals surface area (Å²) in [6, 6.07) is 7.40. The van der Waals surface area contributed by atoms with Crippen LogP contribution >= 0.6 is 0 Å². The Bertz CT molecular complexity index is 579. The van der Waals surface area contributed by atoms with Crippen molar-refractivity contribution in [1.29, 1.82) is 0 Å². The van der Waals surface area contributed by atoms with Gasteiger partial charge in [0.25, 0.3) is 6.43 Å². The number of rotatable bonds is 8. The molecule has 0 spiro atoms. The number of halogens is 2. The van der Waals surface area contributed by atoms with E-state index in [1.54, 1.807) is 13.2 Å². The normalized spacial score (nSPS) is 14.3. The lowest BCUT2D eigenvalue weighted by Crippen LogP contribution is -2.27. The lowest BCUT2D eigenvalue weighted by Gasteiger charge is -2.29. The summed E-state index contributed by atoms with van der Waals surface area (Å²) in [5.74, 6) is 0.746. The molecular formula is C18H21F2NO2. The number of hydrogen-bond donors (Lipinski definition) is 0. The predicted molar refractivity (Wildman–Crippen MR) is 87.4 cm³/mol. The van der Waals surface area contributed by atoms with Gasteiger partial charge in [-0.1, -0.05) is 12.7 Å². The second-order valence-electron chi connectivity index (χ2n) is 5.12. The van der Waals surface area contributed by atoms with Gasteiger partial charge >= 0.3 is 0 Å². The fourth-order valence-electron chi connectivity index (χ4n) is 2.31. The number of alkyl halides is 2. The van der Waals surface area contributed by atoms with E-state index in [4.69, 9.17) is 9.47 Å². The van der Waals surface area contributed by atoms with Gasteiger partial charge in [0.05, 0.1) is 13.2 Å². The Morgan fingerprint density at radius 2 is 1.91 bits per heavy atom. The van der Waals surface area contributed by atoms with Crippen molar-refractivity contribution in [1.82, 2.24) is 4.90 Å². The number of benzene rings is 1. The molecule has 1 aliphatic rings. The molecule has 1 aliphatic heterocycles. The molecule has 1 aromatic carbocycles. The molecule has 1 aromatic rings. The predicted octanol–water partition coefficient (Wildman–Crippen LogP) is 4.09. The van der Waals surface area contributed by atoms with Crippen molar-refractivity contribution in [2.24, 2.45) is 0 Å². The lowest BCUT2D eigenvalue weighted by molar-refractivity contribution is 0.123. The molecule has 0 saturated heterocycles. The molecule has 0 radical (unpaired) electrons. The minimum absolute atomic E-state index is 0.371. The summed E-state index contributed by atoms with van der Waals surface area (Å²) < 4.78 is 36.1. The van der Waals surface area contributed by atoms with Crippen LogP contribution in [0.25, 0.3) is 5.70 Å². The highest BCUT2D eigenvalue weighted by Gasteiger charge is 2.19. The second-order valence-corrected chi connectivity index (χ2v) is 5.12. The molecule has 2 rings (SSSR count). The summed E-state index contributed by atoms with van der Waals surface area (Å²) in [6.07, 6.45) is 3.74. The maximum Gasteiger partial charge on any atom is 0.256 e. The molecule has 0 fully saturated rings. The molecule has 0 saturated carbocycles. The Balaban J connectivity index is 2.06. The smallest absolute Gasteiger partial charge is 0.256 e. The molecule has 5 heteroatoms. The maximum atomic E-state index is 12.8. The highest BCUT2D eigenvalue weighted by Crippen LogP contribution is 2.28. The summed E-state index contributed by atoms with van der Waals surface area (Å²) in [4.78, 5) is 1.53. The van der Waals surface area contributed by atoms with Crippen molar-refractivity contribution < 1.29 is 18.3 Å². The van der Waals surface area contributed by atoms with E-state index in [1.807, 2.05) is 36.4 Å². The van der Waals surface area contributed by atoms with Crippen molar-refractivity contribution in [2.75, 3.05) is 26.9 Å². The van der Waals surface area contributed by atoms with Gasteiger partial charge in [0, 0.05) is 31.5 Å². The summed E-state index contributed by atoms with van der Waals surface area (Å²) in [7, 11) is 1.65. The number of allylic oxidation sites excluding steroid dienone is 3. The molecule has 124 valence electrons. The van der Waals surface area contributed by atoms with Gasteiger partial charge in [-0.05, 0) is 42.0 Å². The molecule has 0 unspecified atom stereocenters. The maximum absolute atomic E-state index is 12.8. The van der Waals surface area contributed by atoms with Crippen LogP contribution < -0.4 is 4.74 Å². The van der Waals surface area contributed by atoms with Crippen molar-refractivity contribution in [3.05, 3.63) is 60.3 Å². The Labute approximate surface area is 135 Å². The van der Waals surface area contributed by atoms with Gasteiger partial charge in [-0.3, -0.25) is 0 Å². The Kier molecular flexibility index (Phi) is 6.35. The van der Waals surface area contributed by atoms with E-state index in [-0.39, 0.29) is 6.54 Å². The number of hydrogen-bond acceptors (Lipinski definition) is 3. The highest BCUT2D eigenvalue weighted by molar-refractivity contribution is 5.70. The van der Waals surface area contributed by atoms with Crippen LogP contribution in [0.15, 0.2) is 54.8 Å². The van der Waals surface area contributed by atoms with Crippen molar-refractivity contribution in [3.8, 4) is 5.75 Å². The van der Waals surface area contributed by atoms with Gasteiger partial charge in [0.2, 0.25) is 0 Å². The Hall–Kier alpha value is -2.14. The van der Waals surface area contributed by atoms with E-state index in [0.29, 0.717) is 24.6 Å². The van der Waals surface area contributed by atoms with Gasteiger partial charge in [-0.2, -0.15) is 0 Å². The van der Waals surface area contributed by atoms with E-state index in [0.717, 1.165) is 17.7 Å². The zero-order valence-electron chi connectivity index (χ0n) is 13.2. The quantitative estimate of drug-likeness (QED) is 0.673. The van der Waals surface area contributed by atoms with Crippen molar-refractivity contribution >= 4 is 5.70 Å². The highest BCUT2D eigenvalue weighted by atomic mass is 19.3. The molecule has 0 aromatic heterocycles. The van der Waals surface area contributed by atoms with Crippen LogP contribution in [0.1, 0.15) is 12.0 Å². The van der Waals surface area contributed by atoms with Crippen molar-refractivity contribution in [2.45, 2.75) is 12.8 Å². The summed E-state index contributed by atoms with van der Waals surface area (Å²) >= 11 is 0. The topological polar surface area (TPSA) is 21.7 Å². The van der Waals surface area contributed by atoms with E-state index in [1.165, 1.54) is 4.90 Å². The fraction of sp³-hybridized carbons (Fsp3) is 0.333. The number of ether oxygens (including phenoxy) is 2. The van der Waals surface area contributed by atoms with Crippen LogP contribution in [0.5, 0.6) is 5.75 Å². The minimum atomic E-state index is -2.43. The van der Waals surface area contributed by atoms with Crippen LogP contribution in [0, 0.1) is 0 Å². The van der Waals surface area contributed by atoms with Crippen LogP contribution in [-0.2, 0) is 4.74 Å². The van der Waals surface area contributed by atoms with E-state index >= 15 is 0 Å². The zero-order valence-corrected chi connectivity index (χ0v) is 13.2. The summed E-state index contributed by atoms with van der Waals surface area (Å²) in [5, 5.41) is 0. The minimum Gasteiger partial charge on any atom is -0.494 e. The summed E-state index contributed by atoms with van der Waals surface area (Å²) in [5.41, 5.74) is 2.12. The Morgan fingerprint density at radius 3 is 2.57 bits per heavy atom. The van der Waals surface area contributed by atoms with Crippen LogP contribution in [-0.4, -0.2) is 38.2 Å². The zero-order chi connectivity index (χ0) is 16.7. The van der Waals surface area contributed by atoms with Gasteiger partial charge in [-0.25, -0.2) is 8.78 Å². The first-order valence-corrected chi connectivity index (χ1v) is 7.47. The van der Waals surface area contributed by atoms with Crippen LogP contribution in [0.3, 0.4) is 0 Å². The monoisotopic (exact) mass is 321 g/mol. The van der Waals surface area contributed by atoms with Crippen LogP contribution in [0.4, 0.5) is 8.78 Å². The second kappa shape index (κ2) is 8.48. The molecule has 0 N–H and O–H groups in total. The average Bonchev–Trinajstić information content (AvgIpc) is 2.54. The van der Waals surface area contributed by atoms with Gasteiger partial charge in [0.1, 0.15) is 5.75 Å². The fourth-order valence-corrected chi connectivity index (χ4v) is 2.31. The van der Waals surface area contributed by atoms with Gasteiger partial charge in [-0.15, -0.1) is 0 Å². The van der Waals surface area contributed by atoms with Crippen LogP contribution in [0.2, 0.25) is 0 Å². The number of methoxy groups -OCH3 is 1. The first-order chi connectivity index (χ1) is 11.1. The lowest BCUT2D eigenvalue weighted by atomic mass is 10.1. The van der Waals surface area contributed by atoms with E-state index in [2.05, 4.69) is 6.58 Å². The Morgan fingerprint density at radius 1 is 1.17 bits per heavy atom. The molecular weight excluding hydrogens is 300 g/mol. The first kappa shape index (κ1) is 17.2. The third-order valence-corrected chi connectivity index (χ3v) is 3.41. The molecule has 23 heavy (non-hydrogen) atoms. The molecule has 3 nitrogen and oxygen atoms in total. The third kappa shape index (κ3) is 4.93. The SMILES string of the molecule is C=C1C=CC=C(c2ccc(OCCCOC)cc2)N1CC(F)F. The standard InChI is InChI=1S/C18H21F2NO2/c1-14-5-3-6-17(21(14)13-18(19)20)15-7-9-16(10-8-15)23-12-4-11-22-2/h3,5-10,18H,1,4,11-13H2,2H3. The van der Waals surface area contributed by atoms with Gasteiger partial charge < -0.3 is 14.4 Å². The van der Waals surface area contributed by atoms with E-state index in [9.17, 15) is 8.78 Å². The molecule has 0 bridgehead atoms. The average molecular weight is 321 g/mol. The third-order valence-electron chi connectivity index (χ3n) is 3.41. The van der Waals surface area contributed by atoms with E-state index < -0.39 is 6.43 Å². The summed E-state index contributed by atoms with van der Waals surface area (Å²) in [6.45, 7) is 4.69. The molecule has 1 heterocycles. The first-order valence-electron chi connectivity index (χ1n) is 7.47. The van der Waals surface area contributed by atoms with Crippen molar-refractivity contribution in [3.63, 3.8) is 0 Å². The molecule has 0 atom stereocenters. The molecule has 0 amide bonds. The molecule has 0 aliphatic carbocycles. The number of nitrogens with zero attached hydrogens (tertiary/aromatic N) is 1.